The first-order valence-electron chi connectivity index (χ1n) is 6.35. The van der Waals surface area contributed by atoms with E-state index in [0.717, 1.165) is 11.2 Å². The molecule has 0 atom stereocenters. The highest BCUT2D eigenvalue weighted by atomic mass is 16.4. The summed E-state index contributed by atoms with van der Waals surface area (Å²) in [5.74, 6) is -0.317. The van der Waals surface area contributed by atoms with Crippen LogP contribution >= 0.6 is 0 Å². The monoisotopic (exact) mass is 283 g/mol. The number of rotatable bonds is 4. The zero-order valence-electron chi connectivity index (χ0n) is 11.3. The zero-order chi connectivity index (χ0) is 14.8. The van der Waals surface area contributed by atoms with Gasteiger partial charge in [-0.05, 0) is 6.07 Å². The highest BCUT2D eigenvalue weighted by Gasteiger charge is 2.16. The van der Waals surface area contributed by atoms with Crippen molar-refractivity contribution in [3.05, 3.63) is 48.2 Å². The number of nitrogens with one attached hydrogen (secondary N) is 1. The van der Waals surface area contributed by atoms with E-state index in [2.05, 4.69) is 20.5 Å². The van der Waals surface area contributed by atoms with Crippen molar-refractivity contribution in [1.29, 1.82) is 0 Å². The number of aromatic nitrogens is 4. The third kappa shape index (κ3) is 2.40. The normalized spacial score (nSPS) is 10.7. The van der Waals surface area contributed by atoms with E-state index in [1.807, 2.05) is 36.0 Å². The van der Waals surface area contributed by atoms with Crippen molar-refractivity contribution in [2.45, 2.75) is 6.54 Å². The molecule has 2 heterocycles. The SMILES string of the molecule is Cn1ccnc1CNc1c(C(=O)O)nnc2ccccc12. The van der Waals surface area contributed by atoms with Gasteiger partial charge in [-0.1, -0.05) is 18.2 Å². The molecule has 0 fully saturated rings. The molecule has 0 bridgehead atoms. The number of nitrogens with zero attached hydrogens (tertiary/aromatic N) is 4. The Labute approximate surface area is 120 Å². The van der Waals surface area contributed by atoms with Gasteiger partial charge in [-0.15, -0.1) is 10.2 Å². The van der Waals surface area contributed by atoms with E-state index >= 15 is 0 Å². The first-order valence-corrected chi connectivity index (χ1v) is 6.35. The number of hydrogen-bond acceptors (Lipinski definition) is 5. The molecular weight excluding hydrogens is 270 g/mol. The van der Waals surface area contributed by atoms with Crippen LogP contribution in [0.25, 0.3) is 10.9 Å². The van der Waals surface area contributed by atoms with E-state index in [0.29, 0.717) is 17.7 Å². The lowest BCUT2D eigenvalue weighted by atomic mass is 10.1. The summed E-state index contributed by atoms with van der Waals surface area (Å²) in [6.07, 6.45) is 3.52. The molecule has 7 heteroatoms. The smallest absolute Gasteiger partial charge is 0.358 e. The zero-order valence-corrected chi connectivity index (χ0v) is 11.3. The van der Waals surface area contributed by atoms with E-state index < -0.39 is 5.97 Å². The molecule has 0 aliphatic rings. The van der Waals surface area contributed by atoms with Crippen LogP contribution in [0, 0.1) is 0 Å². The first kappa shape index (κ1) is 13.0. The van der Waals surface area contributed by atoms with Gasteiger partial charge in [0.2, 0.25) is 0 Å². The van der Waals surface area contributed by atoms with Gasteiger partial charge in [0.1, 0.15) is 5.82 Å². The molecule has 0 saturated carbocycles. The molecule has 0 unspecified atom stereocenters. The summed E-state index contributed by atoms with van der Waals surface area (Å²) in [5, 5.41) is 20.8. The van der Waals surface area contributed by atoms with Gasteiger partial charge in [-0.2, -0.15) is 0 Å². The summed E-state index contributed by atoms with van der Waals surface area (Å²) in [4.78, 5) is 15.5. The Morgan fingerprint density at radius 3 is 2.86 bits per heavy atom. The number of carboxylic acids is 1. The van der Waals surface area contributed by atoms with Crippen molar-refractivity contribution in [2.24, 2.45) is 7.05 Å². The fraction of sp³-hybridized carbons (Fsp3) is 0.143. The molecule has 106 valence electrons. The van der Waals surface area contributed by atoms with Gasteiger partial charge in [0.05, 0.1) is 17.7 Å². The van der Waals surface area contributed by atoms with Gasteiger partial charge in [0, 0.05) is 24.8 Å². The predicted molar refractivity (Wildman–Crippen MR) is 77.0 cm³/mol. The predicted octanol–water partition coefficient (Wildman–Crippen LogP) is 1.67. The van der Waals surface area contributed by atoms with Crippen molar-refractivity contribution >= 4 is 22.6 Å². The average Bonchev–Trinajstić information content (AvgIpc) is 2.89. The number of imidazole rings is 1. The second kappa shape index (κ2) is 5.20. The lowest BCUT2D eigenvalue weighted by Gasteiger charge is -2.11. The van der Waals surface area contributed by atoms with E-state index in [1.165, 1.54) is 0 Å². The highest BCUT2D eigenvalue weighted by molar-refractivity contribution is 6.02. The molecule has 3 rings (SSSR count). The summed E-state index contributed by atoms with van der Waals surface area (Å²) in [7, 11) is 1.88. The van der Waals surface area contributed by atoms with E-state index in [-0.39, 0.29) is 5.69 Å². The number of carboxylic acid groups (broad SMARTS) is 1. The van der Waals surface area contributed by atoms with Crippen LogP contribution in [0.2, 0.25) is 0 Å². The standard InChI is InChI=1S/C14H13N5O2/c1-19-7-6-15-11(19)8-16-12-9-4-2-3-5-10(9)17-18-13(12)14(20)21/h2-7H,8H2,1H3,(H,16,17)(H,20,21). The van der Waals surface area contributed by atoms with E-state index in [4.69, 9.17) is 0 Å². The average molecular weight is 283 g/mol. The Kier molecular flexibility index (Phi) is 3.23. The number of carbonyl (C=O) groups is 1. The Hall–Kier alpha value is -2.96. The summed E-state index contributed by atoms with van der Waals surface area (Å²) < 4.78 is 1.87. The number of fused-ring (bicyclic) bond motifs is 1. The van der Waals surface area contributed by atoms with E-state index in [1.54, 1.807) is 12.3 Å². The quantitative estimate of drug-likeness (QED) is 0.756. The van der Waals surface area contributed by atoms with Crippen LogP contribution in [-0.4, -0.2) is 30.8 Å². The van der Waals surface area contributed by atoms with Crippen molar-refractivity contribution in [2.75, 3.05) is 5.32 Å². The van der Waals surface area contributed by atoms with Crippen molar-refractivity contribution in [3.8, 4) is 0 Å². The number of anilines is 1. The fourth-order valence-electron chi connectivity index (χ4n) is 2.12. The maximum atomic E-state index is 11.3. The van der Waals surface area contributed by atoms with Gasteiger partial charge in [0.15, 0.2) is 5.69 Å². The molecule has 2 aromatic heterocycles. The molecule has 0 amide bonds. The Morgan fingerprint density at radius 2 is 2.14 bits per heavy atom. The maximum Gasteiger partial charge on any atom is 0.358 e. The Morgan fingerprint density at radius 1 is 1.33 bits per heavy atom. The largest absolute Gasteiger partial charge is 0.476 e. The van der Waals surface area contributed by atoms with Crippen molar-refractivity contribution < 1.29 is 9.90 Å². The molecule has 0 aliphatic carbocycles. The molecule has 0 saturated heterocycles. The molecule has 3 aromatic rings. The summed E-state index contributed by atoms with van der Waals surface area (Å²) in [6, 6.07) is 7.28. The third-order valence-corrected chi connectivity index (χ3v) is 3.21. The lowest BCUT2D eigenvalue weighted by Crippen LogP contribution is -2.12. The van der Waals surface area contributed by atoms with Gasteiger partial charge < -0.3 is 15.0 Å². The summed E-state index contributed by atoms with van der Waals surface area (Å²) in [6.45, 7) is 0.402. The molecule has 21 heavy (non-hydrogen) atoms. The highest BCUT2D eigenvalue weighted by Crippen LogP contribution is 2.24. The lowest BCUT2D eigenvalue weighted by molar-refractivity contribution is 0.0690. The van der Waals surface area contributed by atoms with Crippen LogP contribution < -0.4 is 5.32 Å². The third-order valence-electron chi connectivity index (χ3n) is 3.21. The van der Waals surface area contributed by atoms with Crippen molar-refractivity contribution in [3.63, 3.8) is 0 Å². The minimum Gasteiger partial charge on any atom is -0.476 e. The van der Waals surface area contributed by atoms with Crippen LogP contribution in [0.4, 0.5) is 5.69 Å². The number of benzene rings is 1. The number of aromatic carboxylic acids is 1. The van der Waals surface area contributed by atoms with Crippen LogP contribution in [0.3, 0.4) is 0 Å². The Bertz CT molecular complexity index is 812. The fourth-order valence-corrected chi connectivity index (χ4v) is 2.12. The van der Waals surface area contributed by atoms with Crippen LogP contribution in [0.5, 0.6) is 0 Å². The second-order valence-corrected chi connectivity index (χ2v) is 4.55. The van der Waals surface area contributed by atoms with E-state index in [9.17, 15) is 9.90 Å². The summed E-state index contributed by atoms with van der Waals surface area (Å²) >= 11 is 0. The molecule has 0 spiro atoms. The minimum absolute atomic E-state index is 0.0945. The number of aryl methyl sites for hydroxylation is 1. The van der Waals surface area contributed by atoms with Gasteiger partial charge >= 0.3 is 5.97 Å². The molecule has 1 aromatic carbocycles. The topological polar surface area (TPSA) is 92.9 Å². The van der Waals surface area contributed by atoms with Crippen LogP contribution in [0.15, 0.2) is 36.7 Å². The second-order valence-electron chi connectivity index (χ2n) is 4.55. The first-order chi connectivity index (χ1) is 10.2. The molecule has 0 radical (unpaired) electrons. The molecule has 2 N–H and O–H groups in total. The summed E-state index contributed by atoms with van der Waals surface area (Å²) in [5.41, 5.74) is 1.00. The molecule has 0 aliphatic heterocycles. The van der Waals surface area contributed by atoms with Crippen LogP contribution in [-0.2, 0) is 13.6 Å². The molecular formula is C14H13N5O2. The number of hydrogen-bond donors (Lipinski definition) is 2. The van der Waals surface area contributed by atoms with Crippen molar-refractivity contribution in [1.82, 2.24) is 19.7 Å². The molecule has 7 nitrogen and oxygen atoms in total. The maximum absolute atomic E-state index is 11.3. The Balaban J connectivity index is 2.04. The van der Waals surface area contributed by atoms with Crippen LogP contribution in [0.1, 0.15) is 16.3 Å². The van der Waals surface area contributed by atoms with Gasteiger partial charge in [-0.25, -0.2) is 9.78 Å². The minimum atomic E-state index is -1.12. The van der Waals surface area contributed by atoms with Gasteiger partial charge in [-0.3, -0.25) is 0 Å². The van der Waals surface area contributed by atoms with Gasteiger partial charge in [0.25, 0.3) is 0 Å².